The van der Waals surface area contributed by atoms with Crippen molar-refractivity contribution in [2.75, 3.05) is 12.0 Å². The second-order valence-electron chi connectivity index (χ2n) is 6.36. The molecule has 7 nitrogen and oxygen atoms in total. The van der Waals surface area contributed by atoms with Gasteiger partial charge < -0.3 is 10.3 Å². The quantitative estimate of drug-likeness (QED) is 0.485. The number of aromatic amines is 1. The van der Waals surface area contributed by atoms with Crippen LogP contribution in [0.25, 0.3) is 27.9 Å². The second kappa shape index (κ2) is 6.94. The number of aromatic nitrogens is 6. The molecule has 0 fully saturated rings. The van der Waals surface area contributed by atoms with E-state index in [-0.39, 0.29) is 11.6 Å². The van der Waals surface area contributed by atoms with E-state index >= 15 is 0 Å². The minimum Gasteiger partial charge on any atom is -0.345 e. The first kappa shape index (κ1) is 19.0. The van der Waals surface area contributed by atoms with Gasteiger partial charge in [-0.2, -0.15) is 23.3 Å². The topological polar surface area (TPSA) is 83.8 Å². The molecule has 0 aliphatic rings. The number of nitrogens with zero attached hydrogens (tertiary/aromatic N) is 5. The van der Waals surface area contributed by atoms with E-state index in [0.717, 1.165) is 6.92 Å². The van der Waals surface area contributed by atoms with Gasteiger partial charge >= 0.3 is 6.18 Å². The largest absolute Gasteiger partial charge is 0.408 e. The first-order valence-electron chi connectivity index (χ1n) is 8.50. The third-order valence-corrected chi connectivity index (χ3v) is 4.39. The number of H-pyrrole nitrogens is 1. The van der Waals surface area contributed by atoms with Crippen LogP contribution in [0.4, 0.5) is 27.9 Å². The van der Waals surface area contributed by atoms with Crippen molar-refractivity contribution in [1.29, 1.82) is 0 Å². The molecule has 0 saturated carbocycles. The Morgan fingerprint density at radius 2 is 2.00 bits per heavy atom. The van der Waals surface area contributed by atoms with E-state index in [2.05, 4.69) is 30.4 Å². The fourth-order valence-electron chi connectivity index (χ4n) is 2.79. The Hall–Kier alpha value is -3.31. The fraction of sp³-hybridized carbons (Fsp3) is 0.294. The maximum absolute atomic E-state index is 13.8. The molecule has 4 aromatic heterocycles. The number of hydrogen-bond acceptors (Lipinski definition) is 5. The van der Waals surface area contributed by atoms with Crippen molar-refractivity contribution < 1.29 is 22.0 Å². The Kier molecular flexibility index (Phi) is 4.55. The van der Waals surface area contributed by atoms with Crippen molar-refractivity contribution in [3.8, 4) is 11.3 Å². The minimum absolute atomic E-state index is 0.0203. The van der Waals surface area contributed by atoms with Crippen LogP contribution in [0.15, 0.2) is 30.7 Å². The molecule has 0 aliphatic carbocycles. The van der Waals surface area contributed by atoms with Crippen LogP contribution in [0.2, 0.25) is 0 Å². The first-order valence-corrected chi connectivity index (χ1v) is 8.50. The van der Waals surface area contributed by atoms with Crippen LogP contribution in [-0.4, -0.2) is 48.4 Å². The maximum atomic E-state index is 13.8. The van der Waals surface area contributed by atoms with Gasteiger partial charge in [0, 0.05) is 23.3 Å². The van der Waals surface area contributed by atoms with Gasteiger partial charge in [0.1, 0.15) is 18.4 Å². The Morgan fingerprint density at radius 1 is 1.21 bits per heavy atom. The summed E-state index contributed by atoms with van der Waals surface area (Å²) in [7, 11) is 0. The van der Waals surface area contributed by atoms with Crippen LogP contribution in [-0.2, 0) is 0 Å². The highest BCUT2D eigenvalue weighted by Crippen LogP contribution is 2.28. The van der Waals surface area contributed by atoms with Crippen LogP contribution >= 0.6 is 0 Å². The zero-order valence-electron chi connectivity index (χ0n) is 14.9. The maximum Gasteiger partial charge on any atom is 0.408 e. The highest BCUT2D eigenvalue weighted by Gasteiger charge is 2.36. The average Bonchev–Trinajstić information content (AvgIpc) is 3.29. The van der Waals surface area contributed by atoms with Gasteiger partial charge in [0.15, 0.2) is 11.8 Å². The molecule has 12 heteroatoms. The van der Waals surface area contributed by atoms with Crippen molar-refractivity contribution in [3.05, 3.63) is 36.4 Å². The Morgan fingerprint density at radius 3 is 2.72 bits per heavy atom. The summed E-state index contributed by atoms with van der Waals surface area (Å²) in [6.07, 6.45) is -2.16. The Labute approximate surface area is 160 Å². The van der Waals surface area contributed by atoms with E-state index in [4.69, 9.17) is 0 Å². The van der Waals surface area contributed by atoms with Gasteiger partial charge in [-0.25, -0.2) is 23.3 Å². The van der Waals surface area contributed by atoms with E-state index < -0.39 is 25.1 Å². The average molecular weight is 411 g/mol. The van der Waals surface area contributed by atoms with Gasteiger partial charge in [0.25, 0.3) is 0 Å². The first-order chi connectivity index (χ1) is 13.8. The number of hydrogen-bond donors (Lipinski definition) is 2. The molecule has 29 heavy (non-hydrogen) atoms. The normalized spacial score (nSPS) is 14.4. The third kappa shape index (κ3) is 3.45. The molecule has 0 aliphatic heterocycles. The SMILES string of the molecule is C[C@@H](Nc1ncc2c(-c3ccc4ncc(C(F)CF)n4n3)c[nH]c2n1)C(F)(F)F. The number of imidazole rings is 1. The molecule has 0 radical (unpaired) electrons. The molecule has 4 aromatic rings. The summed E-state index contributed by atoms with van der Waals surface area (Å²) in [5.41, 5.74) is 1.58. The van der Waals surface area contributed by atoms with E-state index in [1.54, 1.807) is 18.3 Å². The predicted octanol–water partition coefficient (Wildman–Crippen LogP) is 4.01. The fourth-order valence-corrected chi connectivity index (χ4v) is 2.79. The number of nitrogens with one attached hydrogen (secondary N) is 2. The number of fused-ring (bicyclic) bond motifs is 2. The van der Waals surface area contributed by atoms with Gasteiger partial charge in [-0.3, -0.25) is 0 Å². The number of rotatable bonds is 5. The second-order valence-corrected chi connectivity index (χ2v) is 6.36. The van der Waals surface area contributed by atoms with Crippen molar-refractivity contribution in [2.45, 2.75) is 25.3 Å². The Bertz CT molecular complexity index is 1170. The van der Waals surface area contributed by atoms with E-state index in [9.17, 15) is 22.0 Å². The van der Waals surface area contributed by atoms with Gasteiger partial charge in [0.2, 0.25) is 5.95 Å². The monoisotopic (exact) mass is 411 g/mol. The summed E-state index contributed by atoms with van der Waals surface area (Å²) >= 11 is 0. The molecule has 0 aromatic carbocycles. The van der Waals surface area contributed by atoms with Crippen molar-refractivity contribution in [2.24, 2.45) is 0 Å². The molecule has 4 heterocycles. The molecule has 0 bridgehead atoms. The molecule has 2 atom stereocenters. The van der Waals surface area contributed by atoms with Crippen LogP contribution in [0, 0.1) is 0 Å². The highest BCUT2D eigenvalue weighted by molar-refractivity contribution is 5.92. The zero-order valence-corrected chi connectivity index (χ0v) is 14.9. The lowest BCUT2D eigenvalue weighted by molar-refractivity contribution is -0.138. The Balaban J connectivity index is 1.71. The van der Waals surface area contributed by atoms with Gasteiger partial charge in [-0.15, -0.1) is 0 Å². The third-order valence-electron chi connectivity index (χ3n) is 4.39. The smallest absolute Gasteiger partial charge is 0.345 e. The number of alkyl halides is 5. The zero-order chi connectivity index (χ0) is 20.8. The molecular formula is C17H14F5N7. The predicted molar refractivity (Wildman–Crippen MR) is 94.8 cm³/mol. The van der Waals surface area contributed by atoms with E-state index in [0.29, 0.717) is 27.9 Å². The van der Waals surface area contributed by atoms with Gasteiger partial charge in [-0.05, 0) is 19.1 Å². The molecule has 0 saturated heterocycles. The summed E-state index contributed by atoms with van der Waals surface area (Å²) < 4.78 is 65.8. The summed E-state index contributed by atoms with van der Waals surface area (Å²) in [4.78, 5) is 14.8. The lowest BCUT2D eigenvalue weighted by atomic mass is 10.2. The molecular weight excluding hydrogens is 397 g/mol. The summed E-state index contributed by atoms with van der Waals surface area (Å²) in [6.45, 7) is -0.238. The van der Waals surface area contributed by atoms with Crippen molar-refractivity contribution in [3.63, 3.8) is 0 Å². The highest BCUT2D eigenvalue weighted by atomic mass is 19.4. The van der Waals surface area contributed by atoms with Crippen LogP contribution in [0.3, 0.4) is 0 Å². The standard InChI is InChI=1S/C17H14F5N7/c1-8(17(20,21)22)26-16-25-6-10-9(5-24-15(10)27-16)12-2-3-14-23-7-13(11(19)4-18)29(14)28-12/h2-3,5-8,11H,4H2,1H3,(H2,24,25,26,27)/t8-,11?/m1/s1. The molecule has 0 amide bonds. The number of anilines is 1. The number of halogens is 5. The van der Waals surface area contributed by atoms with Crippen molar-refractivity contribution >= 4 is 22.6 Å². The van der Waals surface area contributed by atoms with Gasteiger partial charge in [-0.1, -0.05) is 0 Å². The summed E-state index contributed by atoms with van der Waals surface area (Å²) in [6, 6.07) is 1.41. The summed E-state index contributed by atoms with van der Waals surface area (Å²) in [5.74, 6) is -0.181. The molecule has 0 spiro atoms. The van der Waals surface area contributed by atoms with Crippen LogP contribution in [0.1, 0.15) is 18.8 Å². The molecule has 1 unspecified atom stereocenters. The van der Waals surface area contributed by atoms with Crippen molar-refractivity contribution in [1.82, 2.24) is 29.5 Å². The lowest BCUT2D eigenvalue weighted by Crippen LogP contribution is -2.33. The lowest BCUT2D eigenvalue weighted by Gasteiger charge is -2.16. The minimum atomic E-state index is -4.44. The van der Waals surface area contributed by atoms with Gasteiger partial charge in [0.05, 0.1) is 17.6 Å². The van der Waals surface area contributed by atoms with Crippen LogP contribution < -0.4 is 5.32 Å². The molecule has 4 rings (SSSR count). The molecule has 152 valence electrons. The summed E-state index contributed by atoms with van der Waals surface area (Å²) in [5, 5.41) is 7.01. The van der Waals surface area contributed by atoms with E-state index in [1.165, 1.54) is 16.9 Å². The van der Waals surface area contributed by atoms with Crippen LogP contribution in [0.5, 0.6) is 0 Å². The molecule has 2 N–H and O–H groups in total. The van der Waals surface area contributed by atoms with E-state index in [1.807, 2.05) is 0 Å².